The number of fused-ring (bicyclic) bond motifs is 1. The highest BCUT2D eigenvalue weighted by Crippen LogP contribution is 2.29. The maximum absolute atomic E-state index is 3.70. The van der Waals surface area contributed by atoms with Crippen molar-refractivity contribution in [1.82, 2.24) is 0 Å². The van der Waals surface area contributed by atoms with Gasteiger partial charge in [0.05, 0.1) is 0 Å². The van der Waals surface area contributed by atoms with E-state index >= 15 is 0 Å². The number of hydrogen-bond donors (Lipinski definition) is 0. The summed E-state index contributed by atoms with van der Waals surface area (Å²) in [7, 11) is 0. The van der Waals surface area contributed by atoms with Gasteiger partial charge >= 0.3 is 0 Å². The number of allylic oxidation sites excluding steroid dienone is 1. The van der Waals surface area contributed by atoms with Gasteiger partial charge in [0.25, 0.3) is 0 Å². The fourth-order valence-corrected chi connectivity index (χ4v) is 3.51. The van der Waals surface area contributed by atoms with E-state index in [1.165, 1.54) is 72.5 Å². The second-order valence-corrected chi connectivity index (χ2v) is 6.48. The van der Waals surface area contributed by atoms with Crippen molar-refractivity contribution in [3.63, 3.8) is 0 Å². The van der Waals surface area contributed by atoms with Gasteiger partial charge in [-0.05, 0) is 42.0 Å². The Bertz CT molecular complexity index is 432. The van der Waals surface area contributed by atoms with Crippen LogP contribution in [0.15, 0.2) is 22.7 Å². The molecule has 0 amide bonds. The first kappa shape index (κ1) is 14.8. The quantitative estimate of drug-likeness (QED) is 0.492. The summed E-state index contributed by atoms with van der Waals surface area (Å²) in [5.41, 5.74) is 4.39. The standard InChI is InChI=1S/C18H25Br/c1-2-3-4-5-6-7-8-10-15-13-16-11-9-12-17(16)18(19)14-15/h9,12-14H,2-8,10-11H2,1H3. The van der Waals surface area contributed by atoms with Crippen molar-refractivity contribution < 1.29 is 0 Å². The molecule has 1 aliphatic rings. The summed E-state index contributed by atoms with van der Waals surface area (Å²) in [6.45, 7) is 2.28. The lowest BCUT2D eigenvalue weighted by molar-refractivity contribution is 0.589. The molecule has 2 rings (SSSR count). The Balaban J connectivity index is 1.71. The highest BCUT2D eigenvalue weighted by molar-refractivity contribution is 9.10. The lowest BCUT2D eigenvalue weighted by atomic mass is 10.0. The van der Waals surface area contributed by atoms with Crippen LogP contribution in [0.5, 0.6) is 0 Å². The Kier molecular flexibility index (Phi) is 6.16. The van der Waals surface area contributed by atoms with Crippen LogP contribution >= 0.6 is 15.9 Å². The molecule has 0 unspecified atom stereocenters. The van der Waals surface area contributed by atoms with E-state index in [1.54, 1.807) is 0 Å². The Morgan fingerprint density at radius 3 is 2.53 bits per heavy atom. The predicted molar refractivity (Wildman–Crippen MR) is 88.6 cm³/mol. The van der Waals surface area contributed by atoms with Crippen LogP contribution in [0.2, 0.25) is 0 Å². The molecule has 0 fully saturated rings. The maximum Gasteiger partial charge on any atom is 0.0253 e. The molecule has 104 valence electrons. The number of unbranched alkanes of at least 4 members (excludes halogenated alkanes) is 6. The summed E-state index contributed by atoms with van der Waals surface area (Å²) >= 11 is 3.70. The average Bonchev–Trinajstić information content (AvgIpc) is 2.86. The van der Waals surface area contributed by atoms with Gasteiger partial charge in [-0.2, -0.15) is 0 Å². The van der Waals surface area contributed by atoms with E-state index in [4.69, 9.17) is 0 Å². The third-order valence-corrected chi connectivity index (χ3v) is 4.62. The first-order valence-electron chi connectivity index (χ1n) is 7.79. The zero-order chi connectivity index (χ0) is 13.5. The third-order valence-electron chi connectivity index (χ3n) is 3.97. The van der Waals surface area contributed by atoms with E-state index in [2.05, 4.69) is 47.1 Å². The molecule has 0 radical (unpaired) electrons. The van der Waals surface area contributed by atoms with Crippen LogP contribution in [0.3, 0.4) is 0 Å². The molecule has 0 saturated carbocycles. The van der Waals surface area contributed by atoms with Crippen molar-refractivity contribution in [3.8, 4) is 0 Å². The highest BCUT2D eigenvalue weighted by Gasteiger charge is 2.10. The van der Waals surface area contributed by atoms with Crippen LogP contribution in [-0.2, 0) is 12.8 Å². The van der Waals surface area contributed by atoms with Gasteiger partial charge in [-0.1, -0.05) is 79.6 Å². The minimum Gasteiger partial charge on any atom is -0.0795 e. The number of hydrogen-bond acceptors (Lipinski definition) is 0. The molecule has 0 aromatic heterocycles. The van der Waals surface area contributed by atoms with Gasteiger partial charge in [-0.3, -0.25) is 0 Å². The minimum atomic E-state index is 1.11. The number of rotatable bonds is 8. The van der Waals surface area contributed by atoms with Crippen LogP contribution < -0.4 is 0 Å². The van der Waals surface area contributed by atoms with Crippen molar-refractivity contribution in [2.75, 3.05) is 0 Å². The van der Waals surface area contributed by atoms with Gasteiger partial charge in [-0.25, -0.2) is 0 Å². The first-order chi connectivity index (χ1) is 9.31. The molecule has 0 nitrogen and oxygen atoms in total. The van der Waals surface area contributed by atoms with Crippen LogP contribution in [0.1, 0.15) is 68.6 Å². The Hall–Kier alpha value is -0.560. The topological polar surface area (TPSA) is 0 Å². The number of halogens is 1. The van der Waals surface area contributed by atoms with E-state index in [0.717, 1.165) is 6.42 Å². The molecule has 0 saturated heterocycles. The molecule has 0 spiro atoms. The van der Waals surface area contributed by atoms with E-state index in [-0.39, 0.29) is 0 Å². The summed E-state index contributed by atoms with van der Waals surface area (Å²) in [6.07, 6.45) is 16.6. The van der Waals surface area contributed by atoms with Gasteiger partial charge in [0.1, 0.15) is 0 Å². The lowest BCUT2D eigenvalue weighted by Crippen LogP contribution is -1.91. The summed E-state index contributed by atoms with van der Waals surface area (Å²) in [6, 6.07) is 4.71. The van der Waals surface area contributed by atoms with Crippen LogP contribution in [-0.4, -0.2) is 0 Å². The zero-order valence-corrected chi connectivity index (χ0v) is 13.6. The van der Waals surface area contributed by atoms with E-state index < -0.39 is 0 Å². The molecule has 0 atom stereocenters. The van der Waals surface area contributed by atoms with Gasteiger partial charge in [0, 0.05) is 4.47 Å². The van der Waals surface area contributed by atoms with Gasteiger partial charge in [-0.15, -0.1) is 0 Å². The molecule has 1 heteroatoms. The molecule has 1 aromatic carbocycles. The molecular formula is C18H25Br. The van der Waals surface area contributed by atoms with Crippen LogP contribution in [0.25, 0.3) is 6.08 Å². The summed E-state index contributed by atoms with van der Waals surface area (Å²) in [5.74, 6) is 0. The molecule has 19 heavy (non-hydrogen) atoms. The van der Waals surface area contributed by atoms with E-state index in [0.29, 0.717) is 0 Å². The van der Waals surface area contributed by atoms with Crippen molar-refractivity contribution in [2.24, 2.45) is 0 Å². The Labute approximate surface area is 126 Å². The van der Waals surface area contributed by atoms with E-state index in [9.17, 15) is 0 Å². The molecule has 1 aliphatic carbocycles. The third kappa shape index (κ3) is 4.49. The second kappa shape index (κ2) is 7.89. The average molecular weight is 321 g/mol. The summed E-state index contributed by atoms with van der Waals surface area (Å²) in [4.78, 5) is 0. The van der Waals surface area contributed by atoms with Crippen LogP contribution in [0.4, 0.5) is 0 Å². The maximum atomic E-state index is 3.70. The van der Waals surface area contributed by atoms with E-state index in [1.807, 2.05) is 0 Å². The normalized spacial score (nSPS) is 12.9. The Morgan fingerprint density at radius 1 is 1.00 bits per heavy atom. The van der Waals surface area contributed by atoms with Gasteiger partial charge < -0.3 is 0 Å². The first-order valence-corrected chi connectivity index (χ1v) is 8.58. The molecule has 0 bridgehead atoms. The Morgan fingerprint density at radius 2 is 1.74 bits per heavy atom. The van der Waals surface area contributed by atoms with Crippen molar-refractivity contribution >= 4 is 22.0 Å². The smallest absolute Gasteiger partial charge is 0.0253 e. The minimum absolute atomic E-state index is 1.11. The fourth-order valence-electron chi connectivity index (χ4n) is 2.83. The largest absolute Gasteiger partial charge is 0.0795 e. The van der Waals surface area contributed by atoms with Crippen molar-refractivity contribution in [3.05, 3.63) is 39.4 Å². The van der Waals surface area contributed by atoms with Crippen molar-refractivity contribution in [1.29, 1.82) is 0 Å². The molecular weight excluding hydrogens is 296 g/mol. The summed E-state index contributed by atoms with van der Waals surface area (Å²) < 4.78 is 1.27. The second-order valence-electron chi connectivity index (χ2n) is 5.63. The molecule has 0 heterocycles. The number of aryl methyl sites for hydroxylation is 1. The SMILES string of the molecule is CCCCCCCCCc1cc(Br)c2c(c1)CC=C2. The monoisotopic (exact) mass is 320 g/mol. The highest BCUT2D eigenvalue weighted by atomic mass is 79.9. The van der Waals surface area contributed by atoms with Crippen LogP contribution in [0, 0.1) is 0 Å². The summed E-state index contributed by atoms with van der Waals surface area (Å²) in [5, 5.41) is 0. The fraction of sp³-hybridized carbons (Fsp3) is 0.556. The number of benzene rings is 1. The molecule has 0 aliphatic heterocycles. The van der Waals surface area contributed by atoms with Gasteiger partial charge in [0.2, 0.25) is 0 Å². The lowest BCUT2D eigenvalue weighted by Gasteiger charge is -2.07. The molecule has 0 N–H and O–H groups in total. The zero-order valence-electron chi connectivity index (χ0n) is 12.1. The molecule has 1 aromatic rings. The van der Waals surface area contributed by atoms with Gasteiger partial charge in [0.15, 0.2) is 0 Å². The predicted octanol–water partition coefficient (Wildman–Crippen LogP) is 6.31. The van der Waals surface area contributed by atoms with Crippen molar-refractivity contribution in [2.45, 2.75) is 64.7 Å².